The highest BCUT2D eigenvalue weighted by molar-refractivity contribution is 7.15. The minimum atomic E-state index is -0.108. The molecule has 1 amide bonds. The van der Waals surface area contributed by atoms with Gasteiger partial charge in [0.1, 0.15) is 5.01 Å². The predicted octanol–water partition coefficient (Wildman–Crippen LogP) is 0.404. The highest BCUT2D eigenvalue weighted by Gasteiger charge is 2.07. The molecule has 7 heteroatoms. The zero-order valence-corrected chi connectivity index (χ0v) is 10.0. The Bertz CT molecular complexity index is 329. The molecular weight excluding hydrogens is 228 g/mol. The van der Waals surface area contributed by atoms with Crippen molar-refractivity contribution in [2.45, 2.75) is 19.3 Å². The maximum atomic E-state index is 11.3. The standard InChI is InChI=1S/C9H16N4O2S/c1-15-6-4-7(14)11-9-13-12-8(16-9)3-2-5-10/h2-6,10H2,1H3,(H,11,13,14). The molecule has 0 bridgehead atoms. The summed E-state index contributed by atoms with van der Waals surface area (Å²) in [6.07, 6.45) is 2.02. The van der Waals surface area contributed by atoms with Gasteiger partial charge in [-0.3, -0.25) is 4.79 Å². The lowest BCUT2D eigenvalue weighted by Gasteiger charge is -1.98. The van der Waals surface area contributed by atoms with Gasteiger partial charge in [0.25, 0.3) is 0 Å². The van der Waals surface area contributed by atoms with Gasteiger partial charge in [-0.1, -0.05) is 11.3 Å². The number of anilines is 1. The third-order valence-electron chi connectivity index (χ3n) is 1.84. The Hall–Kier alpha value is -1.05. The average Bonchev–Trinajstić information content (AvgIpc) is 2.71. The van der Waals surface area contributed by atoms with Crippen LogP contribution in [0, 0.1) is 0 Å². The molecular formula is C9H16N4O2S. The van der Waals surface area contributed by atoms with Crippen LogP contribution in [0.1, 0.15) is 17.8 Å². The maximum Gasteiger partial charge on any atom is 0.228 e. The second kappa shape index (κ2) is 7.26. The van der Waals surface area contributed by atoms with E-state index in [1.54, 1.807) is 7.11 Å². The molecule has 1 aromatic rings. The number of methoxy groups -OCH3 is 1. The summed E-state index contributed by atoms with van der Waals surface area (Å²) in [4.78, 5) is 11.3. The van der Waals surface area contributed by atoms with Gasteiger partial charge in [0.15, 0.2) is 0 Å². The van der Waals surface area contributed by atoms with Crippen molar-refractivity contribution in [2.24, 2.45) is 5.73 Å². The summed E-state index contributed by atoms with van der Waals surface area (Å²) in [5, 5.41) is 11.9. The number of nitrogens with zero attached hydrogens (tertiary/aromatic N) is 2. The van der Waals surface area contributed by atoms with Crippen LogP contribution in [-0.2, 0) is 16.0 Å². The average molecular weight is 244 g/mol. The van der Waals surface area contributed by atoms with E-state index in [9.17, 15) is 4.79 Å². The quantitative estimate of drug-likeness (QED) is 0.724. The number of carbonyl (C=O) groups is 1. The number of nitrogens with one attached hydrogen (secondary N) is 1. The molecule has 0 aliphatic heterocycles. The summed E-state index contributed by atoms with van der Waals surface area (Å²) >= 11 is 1.38. The Morgan fingerprint density at radius 3 is 3.06 bits per heavy atom. The maximum absolute atomic E-state index is 11.3. The fourth-order valence-electron chi connectivity index (χ4n) is 1.03. The van der Waals surface area contributed by atoms with Crippen LogP contribution in [0.5, 0.6) is 0 Å². The van der Waals surface area contributed by atoms with Crippen LogP contribution in [0.25, 0.3) is 0 Å². The lowest BCUT2D eigenvalue weighted by Crippen LogP contribution is -2.13. The normalized spacial score (nSPS) is 10.4. The molecule has 0 saturated carbocycles. The van der Waals surface area contributed by atoms with Crippen molar-refractivity contribution < 1.29 is 9.53 Å². The Kier molecular flexibility index (Phi) is 5.91. The molecule has 90 valence electrons. The first-order valence-electron chi connectivity index (χ1n) is 5.07. The van der Waals surface area contributed by atoms with Crippen LogP contribution in [0.15, 0.2) is 0 Å². The molecule has 0 radical (unpaired) electrons. The molecule has 1 aromatic heterocycles. The SMILES string of the molecule is COCCC(=O)Nc1nnc(CCCN)s1. The number of hydrogen-bond donors (Lipinski definition) is 2. The smallest absolute Gasteiger partial charge is 0.228 e. The molecule has 6 nitrogen and oxygen atoms in total. The minimum Gasteiger partial charge on any atom is -0.384 e. The van der Waals surface area contributed by atoms with E-state index in [-0.39, 0.29) is 5.91 Å². The van der Waals surface area contributed by atoms with Gasteiger partial charge in [-0.25, -0.2) is 0 Å². The molecule has 0 spiro atoms. The summed E-state index contributed by atoms with van der Waals surface area (Å²) in [5.74, 6) is -0.108. The Morgan fingerprint density at radius 2 is 2.38 bits per heavy atom. The lowest BCUT2D eigenvalue weighted by molar-refractivity contribution is -0.117. The first-order valence-corrected chi connectivity index (χ1v) is 5.89. The summed E-state index contributed by atoms with van der Waals surface area (Å²) in [7, 11) is 1.56. The molecule has 0 unspecified atom stereocenters. The third-order valence-corrected chi connectivity index (χ3v) is 2.74. The van der Waals surface area contributed by atoms with Crippen LogP contribution in [-0.4, -0.2) is 36.4 Å². The number of rotatable bonds is 7. The van der Waals surface area contributed by atoms with E-state index in [4.69, 9.17) is 10.5 Å². The van der Waals surface area contributed by atoms with Gasteiger partial charge >= 0.3 is 0 Å². The van der Waals surface area contributed by atoms with E-state index >= 15 is 0 Å². The largest absolute Gasteiger partial charge is 0.384 e. The van der Waals surface area contributed by atoms with Crippen molar-refractivity contribution >= 4 is 22.4 Å². The highest BCUT2D eigenvalue weighted by Crippen LogP contribution is 2.16. The second-order valence-electron chi connectivity index (χ2n) is 3.18. The van der Waals surface area contributed by atoms with Gasteiger partial charge in [-0.05, 0) is 13.0 Å². The molecule has 0 fully saturated rings. The van der Waals surface area contributed by atoms with E-state index in [1.807, 2.05) is 0 Å². The van der Waals surface area contributed by atoms with Gasteiger partial charge in [-0.2, -0.15) is 0 Å². The number of aromatic nitrogens is 2. The van der Waals surface area contributed by atoms with Gasteiger partial charge in [0.2, 0.25) is 11.0 Å². The number of nitrogens with two attached hydrogens (primary N) is 1. The first kappa shape index (κ1) is 13.0. The molecule has 3 N–H and O–H groups in total. The van der Waals surface area contributed by atoms with E-state index in [2.05, 4.69) is 15.5 Å². The Balaban J connectivity index is 2.36. The fraction of sp³-hybridized carbons (Fsp3) is 0.667. The Labute approximate surface area is 98.2 Å². The van der Waals surface area contributed by atoms with Crippen molar-refractivity contribution in [3.05, 3.63) is 5.01 Å². The summed E-state index contributed by atoms with van der Waals surface area (Å²) in [5.41, 5.74) is 5.39. The number of aryl methyl sites for hydroxylation is 1. The fourth-order valence-corrected chi connectivity index (χ4v) is 1.83. The van der Waals surface area contributed by atoms with Crippen molar-refractivity contribution in [1.29, 1.82) is 0 Å². The highest BCUT2D eigenvalue weighted by atomic mass is 32.1. The van der Waals surface area contributed by atoms with Crippen molar-refractivity contribution in [2.75, 3.05) is 25.6 Å². The van der Waals surface area contributed by atoms with Gasteiger partial charge in [-0.15, -0.1) is 10.2 Å². The molecule has 16 heavy (non-hydrogen) atoms. The monoisotopic (exact) mass is 244 g/mol. The van der Waals surface area contributed by atoms with Gasteiger partial charge < -0.3 is 15.8 Å². The third kappa shape index (κ3) is 4.65. The van der Waals surface area contributed by atoms with E-state index < -0.39 is 0 Å². The molecule has 0 saturated heterocycles. The number of hydrogen-bond acceptors (Lipinski definition) is 6. The van der Waals surface area contributed by atoms with E-state index in [0.29, 0.717) is 24.7 Å². The van der Waals surface area contributed by atoms with Crippen LogP contribution < -0.4 is 11.1 Å². The predicted molar refractivity (Wildman–Crippen MR) is 62.4 cm³/mol. The molecule has 0 aliphatic rings. The van der Waals surface area contributed by atoms with Gasteiger partial charge in [0, 0.05) is 13.5 Å². The summed E-state index contributed by atoms with van der Waals surface area (Å²) < 4.78 is 4.80. The van der Waals surface area contributed by atoms with Crippen LogP contribution in [0.3, 0.4) is 0 Å². The summed E-state index contributed by atoms with van der Waals surface area (Å²) in [6, 6.07) is 0. The molecule has 0 atom stereocenters. The molecule has 0 aliphatic carbocycles. The zero-order valence-electron chi connectivity index (χ0n) is 9.23. The van der Waals surface area contributed by atoms with Crippen molar-refractivity contribution in [1.82, 2.24) is 10.2 Å². The topological polar surface area (TPSA) is 90.1 Å². The molecule has 0 aromatic carbocycles. The number of amides is 1. The molecule has 1 heterocycles. The van der Waals surface area contributed by atoms with E-state index in [1.165, 1.54) is 11.3 Å². The second-order valence-corrected chi connectivity index (χ2v) is 4.25. The van der Waals surface area contributed by atoms with Crippen molar-refractivity contribution in [3.8, 4) is 0 Å². The summed E-state index contributed by atoms with van der Waals surface area (Å²) in [6.45, 7) is 1.04. The first-order chi connectivity index (χ1) is 7.76. The Morgan fingerprint density at radius 1 is 1.56 bits per heavy atom. The van der Waals surface area contributed by atoms with Crippen LogP contribution in [0.2, 0.25) is 0 Å². The van der Waals surface area contributed by atoms with Gasteiger partial charge in [0.05, 0.1) is 13.0 Å². The van der Waals surface area contributed by atoms with E-state index in [0.717, 1.165) is 17.8 Å². The number of ether oxygens (including phenoxy) is 1. The number of carbonyl (C=O) groups excluding carboxylic acids is 1. The zero-order chi connectivity index (χ0) is 11.8. The molecule has 1 rings (SSSR count). The van der Waals surface area contributed by atoms with Crippen molar-refractivity contribution in [3.63, 3.8) is 0 Å². The lowest BCUT2D eigenvalue weighted by atomic mass is 10.3. The van der Waals surface area contributed by atoms with Crippen LogP contribution in [0.4, 0.5) is 5.13 Å². The van der Waals surface area contributed by atoms with Crippen LogP contribution >= 0.6 is 11.3 Å². The minimum absolute atomic E-state index is 0.108.